The fourth-order valence-electron chi connectivity index (χ4n) is 2.41. The maximum atomic E-state index is 9.25. The number of nitrogens with zero attached hydrogens (tertiary/aromatic N) is 3. The summed E-state index contributed by atoms with van der Waals surface area (Å²) >= 11 is 10.6. The van der Waals surface area contributed by atoms with Crippen molar-refractivity contribution < 1.29 is 0 Å². The van der Waals surface area contributed by atoms with E-state index in [1.807, 2.05) is 12.1 Å². The Labute approximate surface area is 147 Å². The molecular formula is C14H9Br3N4. The number of hydrogen-bond donors (Lipinski definition) is 1. The number of aromatic nitrogens is 1. The molecule has 0 radical (unpaired) electrons. The first-order valence-electron chi connectivity index (χ1n) is 6.07. The van der Waals surface area contributed by atoms with Crippen molar-refractivity contribution in [2.75, 3.05) is 10.6 Å². The van der Waals surface area contributed by atoms with Gasteiger partial charge in [-0.1, -0.05) is 0 Å². The summed E-state index contributed by atoms with van der Waals surface area (Å²) in [5.41, 5.74) is 9.36. The average molecular weight is 473 g/mol. The molecule has 0 aliphatic carbocycles. The van der Waals surface area contributed by atoms with Gasteiger partial charge in [-0.25, -0.2) is 4.98 Å². The quantitative estimate of drug-likeness (QED) is 0.627. The summed E-state index contributed by atoms with van der Waals surface area (Å²) < 4.78 is 2.92. The number of halogens is 3. The molecule has 2 heterocycles. The van der Waals surface area contributed by atoms with Crippen molar-refractivity contribution in [3.05, 3.63) is 48.4 Å². The lowest BCUT2D eigenvalue weighted by Crippen LogP contribution is -2.14. The number of rotatable bonds is 1. The summed E-state index contributed by atoms with van der Waals surface area (Å²) in [6.45, 7) is 1.38. The SMILES string of the molecule is N#Cc1c(N)ncc2c1CN(c1cc(Br)c(Br)c(Br)c1)C2. The lowest BCUT2D eigenvalue weighted by molar-refractivity contribution is 0.878. The molecule has 106 valence electrons. The summed E-state index contributed by atoms with van der Waals surface area (Å²) in [4.78, 5) is 6.29. The maximum absolute atomic E-state index is 9.25. The smallest absolute Gasteiger partial charge is 0.141 e. The highest BCUT2D eigenvalue weighted by molar-refractivity contribution is 9.14. The second-order valence-electron chi connectivity index (χ2n) is 4.71. The van der Waals surface area contributed by atoms with Gasteiger partial charge in [0, 0.05) is 38.4 Å². The lowest BCUT2D eigenvalue weighted by Gasteiger charge is -2.19. The van der Waals surface area contributed by atoms with Gasteiger partial charge in [0.1, 0.15) is 11.9 Å². The fourth-order valence-corrected chi connectivity index (χ4v) is 3.80. The number of nitrogen functional groups attached to an aromatic ring is 1. The van der Waals surface area contributed by atoms with Crippen LogP contribution in [-0.2, 0) is 13.1 Å². The number of anilines is 2. The number of nitriles is 1. The summed E-state index contributed by atoms with van der Waals surface area (Å²) in [6, 6.07) is 6.25. The van der Waals surface area contributed by atoms with Gasteiger partial charge < -0.3 is 10.6 Å². The van der Waals surface area contributed by atoms with Gasteiger partial charge in [0.25, 0.3) is 0 Å². The summed E-state index contributed by atoms with van der Waals surface area (Å²) in [7, 11) is 0. The minimum Gasteiger partial charge on any atom is -0.383 e. The number of benzene rings is 1. The van der Waals surface area contributed by atoms with E-state index in [4.69, 9.17) is 5.73 Å². The zero-order chi connectivity index (χ0) is 15.1. The predicted molar refractivity (Wildman–Crippen MR) is 92.8 cm³/mol. The normalized spacial score (nSPS) is 13.1. The van der Waals surface area contributed by atoms with Crippen LogP contribution >= 0.6 is 47.8 Å². The molecule has 2 aromatic rings. The van der Waals surface area contributed by atoms with Crippen LogP contribution in [0.5, 0.6) is 0 Å². The van der Waals surface area contributed by atoms with Crippen LogP contribution < -0.4 is 10.6 Å². The molecule has 1 aromatic heterocycles. The van der Waals surface area contributed by atoms with Crippen molar-refractivity contribution >= 4 is 59.3 Å². The average Bonchev–Trinajstić information content (AvgIpc) is 2.88. The summed E-state index contributed by atoms with van der Waals surface area (Å²) in [5, 5.41) is 9.25. The third kappa shape index (κ3) is 2.56. The molecule has 21 heavy (non-hydrogen) atoms. The van der Waals surface area contributed by atoms with E-state index in [1.165, 1.54) is 0 Å². The van der Waals surface area contributed by atoms with Crippen LogP contribution in [0.25, 0.3) is 0 Å². The lowest BCUT2D eigenvalue weighted by atomic mass is 10.1. The minimum absolute atomic E-state index is 0.302. The molecule has 0 spiro atoms. The van der Waals surface area contributed by atoms with Gasteiger partial charge in [0.2, 0.25) is 0 Å². The van der Waals surface area contributed by atoms with Crippen molar-refractivity contribution in [3.63, 3.8) is 0 Å². The Morgan fingerprint density at radius 1 is 1.19 bits per heavy atom. The van der Waals surface area contributed by atoms with Gasteiger partial charge in [-0.2, -0.15) is 5.26 Å². The fraction of sp³-hybridized carbons (Fsp3) is 0.143. The van der Waals surface area contributed by atoms with E-state index in [-0.39, 0.29) is 0 Å². The third-order valence-corrected chi connectivity index (χ3v) is 6.63. The van der Waals surface area contributed by atoms with E-state index in [2.05, 4.69) is 63.7 Å². The minimum atomic E-state index is 0.302. The van der Waals surface area contributed by atoms with Gasteiger partial charge in [-0.05, 0) is 71.0 Å². The highest BCUT2D eigenvalue weighted by Crippen LogP contribution is 2.38. The summed E-state index contributed by atoms with van der Waals surface area (Å²) in [5.74, 6) is 0.302. The molecule has 4 nitrogen and oxygen atoms in total. The van der Waals surface area contributed by atoms with E-state index in [1.54, 1.807) is 6.20 Å². The van der Waals surface area contributed by atoms with Crippen LogP contribution in [0, 0.1) is 11.3 Å². The highest BCUT2D eigenvalue weighted by Gasteiger charge is 2.25. The van der Waals surface area contributed by atoms with E-state index in [9.17, 15) is 5.26 Å². The first-order chi connectivity index (χ1) is 10.0. The Morgan fingerprint density at radius 3 is 2.48 bits per heavy atom. The first-order valence-corrected chi connectivity index (χ1v) is 8.45. The predicted octanol–water partition coefficient (Wildman–Crippen LogP) is 4.34. The molecule has 0 unspecified atom stereocenters. The molecule has 1 aliphatic heterocycles. The van der Waals surface area contributed by atoms with E-state index in [0.717, 1.165) is 36.8 Å². The van der Waals surface area contributed by atoms with Crippen LogP contribution in [0.15, 0.2) is 31.7 Å². The molecule has 1 aromatic carbocycles. The maximum Gasteiger partial charge on any atom is 0.141 e. The number of pyridine rings is 1. The molecular weight excluding hydrogens is 464 g/mol. The van der Waals surface area contributed by atoms with E-state index in [0.29, 0.717) is 17.9 Å². The zero-order valence-corrected chi connectivity index (χ0v) is 15.5. The van der Waals surface area contributed by atoms with Crippen molar-refractivity contribution in [1.82, 2.24) is 4.98 Å². The van der Waals surface area contributed by atoms with Gasteiger partial charge >= 0.3 is 0 Å². The largest absolute Gasteiger partial charge is 0.383 e. The van der Waals surface area contributed by atoms with Crippen LogP contribution in [0.3, 0.4) is 0 Å². The zero-order valence-electron chi connectivity index (χ0n) is 10.7. The Balaban J connectivity index is 2.01. The summed E-state index contributed by atoms with van der Waals surface area (Å²) in [6.07, 6.45) is 1.76. The van der Waals surface area contributed by atoms with Gasteiger partial charge in [-0.3, -0.25) is 0 Å². The monoisotopic (exact) mass is 470 g/mol. The van der Waals surface area contributed by atoms with Crippen LogP contribution in [-0.4, -0.2) is 4.98 Å². The highest BCUT2D eigenvalue weighted by atomic mass is 79.9. The first kappa shape index (κ1) is 14.8. The van der Waals surface area contributed by atoms with Gasteiger partial charge in [-0.15, -0.1) is 0 Å². The van der Waals surface area contributed by atoms with Gasteiger partial charge in [0.15, 0.2) is 0 Å². The van der Waals surface area contributed by atoms with Crippen LogP contribution in [0.1, 0.15) is 16.7 Å². The van der Waals surface area contributed by atoms with Gasteiger partial charge in [0.05, 0.1) is 5.56 Å². The molecule has 0 atom stereocenters. The molecule has 0 saturated heterocycles. The number of fused-ring (bicyclic) bond motifs is 1. The van der Waals surface area contributed by atoms with Crippen molar-refractivity contribution in [2.45, 2.75) is 13.1 Å². The van der Waals surface area contributed by atoms with E-state index < -0.39 is 0 Å². The molecule has 2 N–H and O–H groups in total. The van der Waals surface area contributed by atoms with Crippen LogP contribution in [0.2, 0.25) is 0 Å². The standard InChI is InChI=1S/C14H9Br3N4/c15-11-1-8(2-12(16)13(11)17)21-5-7-4-20-14(19)9(3-18)10(7)6-21/h1-2,4H,5-6H2,(H2,19,20). The number of nitrogens with two attached hydrogens (primary N) is 1. The van der Waals surface area contributed by atoms with Crippen molar-refractivity contribution in [2.24, 2.45) is 0 Å². The molecule has 7 heteroatoms. The Hall–Kier alpha value is -1.10. The molecule has 0 amide bonds. The second-order valence-corrected chi connectivity index (χ2v) is 7.22. The number of hydrogen-bond acceptors (Lipinski definition) is 4. The third-order valence-electron chi connectivity index (χ3n) is 3.46. The van der Waals surface area contributed by atoms with Crippen molar-refractivity contribution in [1.29, 1.82) is 5.26 Å². The Kier molecular flexibility index (Phi) is 3.95. The second kappa shape index (κ2) is 5.59. The Morgan fingerprint density at radius 2 is 1.86 bits per heavy atom. The van der Waals surface area contributed by atoms with Crippen molar-refractivity contribution in [3.8, 4) is 6.07 Å². The molecule has 1 aliphatic rings. The molecule has 3 rings (SSSR count). The van der Waals surface area contributed by atoms with Crippen LogP contribution in [0.4, 0.5) is 11.5 Å². The van der Waals surface area contributed by atoms with E-state index >= 15 is 0 Å². The Bertz CT molecular complexity index is 760. The molecule has 0 saturated carbocycles. The molecule has 0 fully saturated rings. The topological polar surface area (TPSA) is 65.9 Å². The molecule has 0 bridgehead atoms.